The molecule has 1 saturated carbocycles. The standard InChI is InChI=1S/C26H30BrN3O8/c1-30(2)14-3-4-15(31)17-12(14)5-11-6-13-19(29-8-25(7-27)9-38-10-25)21(33)18(24(28)36)23(35)26(13,37)22(34)16(11)20(17)32/h3-4,11,13,19,29,31-32,35,37H,5-10H2,1-2H3,(H2,28,36)/t11-,13-,19+,26-/m0/s1. The lowest BCUT2D eigenvalue weighted by Gasteiger charge is -2.50. The van der Waals surface area contributed by atoms with Crippen molar-refractivity contribution in [3.63, 3.8) is 0 Å². The van der Waals surface area contributed by atoms with E-state index >= 15 is 0 Å². The molecule has 5 rings (SSSR count). The number of aromatic hydroxyl groups is 1. The summed E-state index contributed by atoms with van der Waals surface area (Å²) in [6.45, 7) is 1.14. The quantitative estimate of drug-likeness (QED) is 0.201. The van der Waals surface area contributed by atoms with Crippen LogP contribution in [0.4, 0.5) is 5.69 Å². The predicted octanol–water partition coefficient (Wildman–Crippen LogP) is 0.470. The average Bonchev–Trinajstić information content (AvgIpc) is 2.82. The van der Waals surface area contributed by atoms with E-state index in [1.807, 2.05) is 19.0 Å². The third-order valence-corrected chi connectivity index (χ3v) is 9.53. The lowest BCUT2D eigenvalue weighted by Crippen LogP contribution is -2.67. The minimum absolute atomic E-state index is 0.0287. The fourth-order valence-corrected chi connectivity index (χ4v) is 6.78. The fourth-order valence-electron chi connectivity index (χ4n) is 6.26. The van der Waals surface area contributed by atoms with Gasteiger partial charge in [0.2, 0.25) is 5.78 Å². The van der Waals surface area contributed by atoms with Crippen molar-refractivity contribution in [2.24, 2.45) is 23.0 Å². The Morgan fingerprint density at radius 1 is 1.24 bits per heavy atom. The van der Waals surface area contributed by atoms with E-state index in [4.69, 9.17) is 10.5 Å². The molecule has 4 atom stereocenters. The smallest absolute Gasteiger partial charge is 0.255 e. The van der Waals surface area contributed by atoms with Gasteiger partial charge in [-0.15, -0.1) is 0 Å². The zero-order valence-corrected chi connectivity index (χ0v) is 22.5. The summed E-state index contributed by atoms with van der Waals surface area (Å²) >= 11 is 3.46. The number of nitrogens with zero attached hydrogens (tertiary/aromatic N) is 1. The van der Waals surface area contributed by atoms with E-state index < -0.39 is 58.0 Å². The van der Waals surface area contributed by atoms with Crippen molar-refractivity contribution >= 4 is 44.9 Å². The van der Waals surface area contributed by atoms with Gasteiger partial charge in [-0.25, -0.2) is 0 Å². The number of nitrogens with one attached hydrogen (secondary N) is 1. The number of primary amides is 1. The van der Waals surface area contributed by atoms with Crippen LogP contribution < -0.4 is 16.0 Å². The Kier molecular flexibility index (Phi) is 6.37. The molecule has 1 amide bonds. The maximum atomic E-state index is 13.9. The normalized spacial score (nSPS) is 29.8. The number of carbonyl (C=O) groups excluding carboxylic acids is 3. The second-order valence-electron chi connectivity index (χ2n) is 10.9. The van der Waals surface area contributed by atoms with Crippen molar-refractivity contribution in [1.29, 1.82) is 0 Å². The van der Waals surface area contributed by atoms with Crippen molar-refractivity contribution in [1.82, 2.24) is 5.32 Å². The van der Waals surface area contributed by atoms with E-state index in [0.717, 1.165) is 5.69 Å². The minimum atomic E-state index is -2.68. The highest BCUT2D eigenvalue weighted by molar-refractivity contribution is 9.09. The summed E-state index contributed by atoms with van der Waals surface area (Å²) < 4.78 is 5.33. The number of phenolic OH excluding ortho intramolecular Hbond substituents is 1. The molecule has 0 radical (unpaired) electrons. The number of rotatable bonds is 6. The van der Waals surface area contributed by atoms with Gasteiger partial charge in [-0.05, 0) is 36.5 Å². The van der Waals surface area contributed by atoms with Crippen molar-refractivity contribution in [3.8, 4) is 5.75 Å². The Bertz CT molecular complexity index is 1310. The van der Waals surface area contributed by atoms with Crippen LogP contribution in [0.15, 0.2) is 29.0 Å². The number of ketones is 2. The molecule has 0 aromatic heterocycles. The molecule has 1 aromatic carbocycles. The molecule has 38 heavy (non-hydrogen) atoms. The van der Waals surface area contributed by atoms with Crippen LogP contribution in [0.25, 0.3) is 5.76 Å². The van der Waals surface area contributed by atoms with E-state index in [1.54, 1.807) is 6.07 Å². The van der Waals surface area contributed by atoms with Gasteiger partial charge < -0.3 is 41.1 Å². The number of alkyl halides is 1. The third-order valence-electron chi connectivity index (χ3n) is 8.34. The fraction of sp³-hybridized carbons (Fsp3) is 0.500. The van der Waals surface area contributed by atoms with Gasteiger partial charge in [0.1, 0.15) is 22.8 Å². The van der Waals surface area contributed by atoms with Crippen molar-refractivity contribution in [2.75, 3.05) is 44.1 Å². The van der Waals surface area contributed by atoms with E-state index in [-0.39, 0.29) is 41.7 Å². The van der Waals surface area contributed by atoms with Gasteiger partial charge in [0, 0.05) is 48.6 Å². The van der Waals surface area contributed by atoms with Gasteiger partial charge in [0.05, 0.1) is 24.8 Å². The molecule has 1 saturated heterocycles. The van der Waals surface area contributed by atoms with Crippen LogP contribution in [-0.4, -0.2) is 88.7 Å². The summed E-state index contributed by atoms with van der Waals surface area (Å²) in [6, 6.07) is 1.90. The third kappa shape index (κ3) is 3.61. The molecule has 0 unspecified atom stereocenters. The predicted molar refractivity (Wildman–Crippen MR) is 140 cm³/mol. The number of halogens is 1. The first-order valence-corrected chi connectivity index (χ1v) is 13.4. The molecule has 1 aliphatic heterocycles. The number of nitrogens with two attached hydrogens (primary N) is 1. The zero-order chi connectivity index (χ0) is 27.7. The van der Waals surface area contributed by atoms with E-state index in [2.05, 4.69) is 21.2 Å². The molecule has 2 fully saturated rings. The lowest BCUT2D eigenvalue weighted by molar-refractivity contribution is -0.151. The summed E-state index contributed by atoms with van der Waals surface area (Å²) in [5, 5.41) is 48.3. The number of phenols is 1. The first-order valence-electron chi connectivity index (χ1n) is 12.3. The highest BCUT2D eigenvalue weighted by Crippen LogP contribution is 2.53. The number of anilines is 1. The van der Waals surface area contributed by atoms with Gasteiger partial charge in [0.15, 0.2) is 11.4 Å². The molecule has 12 heteroatoms. The zero-order valence-electron chi connectivity index (χ0n) is 21.0. The van der Waals surface area contributed by atoms with E-state index in [0.29, 0.717) is 24.1 Å². The molecule has 11 nitrogen and oxygen atoms in total. The molecule has 0 bridgehead atoms. The topological polar surface area (TPSA) is 183 Å². The number of carbonyl (C=O) groups is 3. The first-order chi connectivity index (χ1) is 17.9. The Hall–Kier alpha value is -2.93. The summed E-state index contributed by atoms with van der Waals surface area (Å²) in [5.41, 5.74) is 2.82. The number of ether oxygens (including phenoxy) is 1. The van der Waals surface area contributed by atoms with Crippen LogP contribution in [0.3, 0.4) is 0 Å². The second-order valence-corrected chi connectivity index (χ2v) is 11.5. The van der Waals surface area contributed by atoms with Gasteiger partial charge in [-0.2, -0.15) is 0 Å². The summed E-state index contributed by atoms with van der Waals surface area (Å²) in [4.78, 5) is 41.5. The average molecular weight is 592 g/mol. The maximum absolute atomic E-state index is 13.9. The Morgan fingerprint density at radius 3 is 2.47 bits per heavy atom. The summed E-state index contributed by atoms with van der Waals surface area (Å²) in [6.07, 6.45) is 0.267. The SMILES string of the molecule is CN(C)c1ccc(O)c2c1C[C@H]1C[C@H]3[C@@H](NCC4(CBr)COC4)C(=O)C(C(N)=O)=C(O)[C@@]3(O)C(=O)C1=C2O. The molecule has 204 valence electrons. The Labute approximate surface area is 227 Å². The molecule has 0 spiro atoms. The van der Waals surface area contributed by atoms with Crippen LogP contribution in [0.5, 0.6) is 5.75 Å². The number of Topliss-reactive ketones (excluding diaryl/α,β-unsaturated/α-hetero) is 2. The van der Waals surface area contributed by atoms with Crippen molar-refractivity contribution < 1.29 is 39.5 Å². The number of hydrogen-bond acceptors (Lipinski definition) is 10. The van der Waals surface area contributed by atoms with Crippen LogP contribution in [0.2, 0.25) is 0 Å². The minimum Gasteiger partial charge on any atom is -0.508 e. The summed E-state index contributed by atoms with van der Waals surface area (Å²) in [5.74, 6) is -6.75. The number of amides is 1. The number of aliphatic hydroxyl groups is 3. The number of hydrogen-bond donors (Lipinski definition) is 6. The number of fused-ring (bicyclic) bond motifs is 3. The van der Waals surface area contributed by atoms with Crippen LogP contribution in [0, 0.1) is 17.3 Å². The van der Waals surface area contributed by atoms with Crippen LogP contribution in [0.1, 0.15) is 17.5 Å². The Morgan fingerprint density at radius 2 is 1.92 bits per heavy atom. The molecule has 1 heterocycles. The van der Waals surface area contributed by atoms with Gasteiger partial charge >= 0.3 is 0 Å². The van der Waals surface area contributed by atoms with Gasteiger partial charge in [-0.3, -0.25) is 14.4 Å². The largest absolute Gasteiger partial charge is 0.508 e. The molecular formula is C26H30BrN3O8. The molecule has 7 N–H and O–H groups in total. The highest BCUT2D eigenvalue weighted by Gasteiger charge is 2.64. The lowest BCUT2D eigenvalue weighted by atomic mass is 9.57. The highest BCUT2D eigenvalue weighted by atomic mass is 79.9. The molecule has 3 aliphatic carbocycles. The molecular weight excluding hydrogens is 562 g/mol. The first kappa shape index (κ1) is 26.7. The van der Waals surface area contributed by atoms with E-state index in [1.165, 1.54) is 6.07 Å². The second kappa shape index (κ2) is 9.08. The van der Waals surface area contributed by atoms with Crippen LogP contribution >= 0.6 is 15.9 Å². The maximum Gasteiger partial charge on any atom is 0.255 e. The van der Waals surface area contributed by atoms with Crippen molar-refractivity contribution in [2.45, 2.75) is 24.5 Å². The van der Waals surface area contributed by atoms with Crippen LogP contribution in [-0.2, 0) is 25.5 Å². The van der Waals surface area contributed by atoms with Gasteiger partial charge in [0.25, 0.3) is 5.91 Å². The number of benzene rings is 1. The monoisotopic (exact) mass is 591 g/mol. The van der Waals surface area contributed by atoms with Crippen molar-refractivity contribution in [3.05, 3.63) is 40.2 Å². The van der Waals surface area contributed by atoms with E-state index in [9.17, 15) is 34.8 Å². The summed E-state index contributed by atoms with van der Waals surface area (Å²) in [7, 11) is 3.62. The number of aliphatic hydroxyl groups excluding tert-OH is 2. The van der Waals surface area contributed by atoms with Gasteiger partial charge in [-0.1, -0.05) is 15.9 Å². The Balaban J connectivity index is 1.65. The molecule has 4 aliphatic rings. The molecule has 1 aromatic rings.